The fraction of sp³-hybridized carbons (Fsp3) is 0.625. The van der Waals surface area contributed by atoms with Crippen molar-refractivity contribution in [3.63, 3.8) is 0 Å². The fourth-order valence-corrected chi connectivity index (χ4v) is 3.13. The second kappa shape index (κ2) is 7.30. The van der Waals surface area contributed by atoms with Crippen LogP contribution in [0, 0.1) is 5.92 Å². The molecule has 0 aliphatic carbocycles. The predicted molar refractivity (Wildman–Crippen MR) is 84.8 cm³/mol. The van der Waals surface area contributed by atoms with E-state index in [2.05, 4.69) is 23.1 Å². The van der Waals surface area contributed by atoms with Crippen molar-refractivity contribution in [2.24, 2.45) is 11.7 Å². The number of rotatable bonds is 4. The lowest BCUT2D eigenvalue weighted by atomic mass is 9.97. The molecule has 0 saturated carbocycles. The van der Waals surface area contributed by atoms with Gasteiger partial charge in [0.25, 0.3) is 0 Å². The molecule has 1 fully saturated rings. The van der Waals surface area contributed by atoms with Crippen molar-refractivity contribution in [1.29, 1.82) is 0 Å². The second-order valence-corrected chi connectivity index (χ2v) is 5.81. The van der Waals surface area contributed by atoms with Crippen molar-refractivity contribution < 1.29 is 4.74 Å². The van der Waals surface area contributed by atoms with E-state index in [1.807, 2.05) is 0 Å². The number of ether oxygens (including phenoxy) is 1. The van der Waals surface area contributed by atoms with Crippen LogP contribution in [0.4, 0.5) is 0 Å². The maximum absolute atomic E-state index is 5.74. The number of likely N-dealkylation sites (tertiary alicyclic amines) is 1. The Kier molecular flexibility index (Phi) is 5.70. The minimum absolute atomic E-state index is 0. The first-order valence-corrected chi connectivity index (χ1v) is 7.52. The van der Waals surface area contributed by atoms with E-state index < -0.39 is 0 Å². The molecule has 0 unspecified atom stereocenters. The summed E-state index contributed by atoms with van der Waals surface area (Å²) in [7, 11) is 0. The highest BCUT2D eigenvalue weighted by Gasteiger charge is 2.18. The average Bonchev–Trinajstić information content (AvgIpc) is 2.93. The Morgan fingerprint density at radius 1 is 1.25 bits per heavy atom. The average molecular weight is 297 g/mol. The quantitative estimate of drug-likeness (QED) is 0.926. The summed E-state index contributed by atoms with van der Waals surface area (Å²) in [6.45, 7) is 5.33. The maximum atomic E-state index is 5.74. The van der Waals surface area contributed by atoms with Gasteiger partial charge in [0.1, 0.15) is 5.75 Å². The smallest absolute Gasteiger partial charge is 0.122 e. The third kappa shape index (κ3) is 3.66. The van der Waals surface area contributed by atoms with Crippen molar-refractivity contribution in [3.8, 4) is 5.75 Å². The molecule has 4 heteroatoms. The summed E-state index contributed by atoms with van der Waals surface area (Å²) < 4.78 is 5.55. The maximum Gasteiger partial charge on any atom is 0.122 e. The lowest BCUT2D eigenvalue weighted by Crippen LogP contribution is -2.37. The zero-order chi connectivity index (χ0) is 13.1. The third-order valence-corrected chi connectivity index (χ3v) is 4.51. The van der Waals surface area contributed by atoms with Crippen LogP contribution in [0.3, 0.4) is 0 Å². The van der Waals surface area contributed by atoms with Gasteiger partial charge in [0.15, 0.2) is 0 Å². The van der Waals surface area contributed by atoms with Gasteiger partial charge in [-0.25, -0.2) is 0 Å². The topological polar surface area (TPSA) is 38.5 Å². The number of nitrogens with zero attached hydrogens (tertiary/aromatic N) is 1. The molecule has 2 aliphatic rings. The lowest BCUT2D eigenvalue weighted by Gasteiger charge is -2.31. The molecule has 0 atom stereocenters. The number of hydrogen-bond donors (Lipinski definition) is 1. The molecule has 3 rings (SSSR count). The molecule has 20 heavy (non-hydrogen) atoms. The summed E-state index contributed by atoms with van der Waals surface area (Å²) in [5.41, 5.74) is 8.57. The molecule has 0 radical (unpaired) electrons. The van der Waals surface area contributed by atoms with Gasteiger partial charge in [0, 0.05) is 13.0 Å². The molecule has 0 bridgehead atoms. The number of nitrogens with two attached hydrogens (primary N) is 1. The van der Waals surface area contributed by atoms with Gasteiger partial charge in [0.2, 0.25) is 0 Å². The van der Waals surface area contributed by atoms with E-state index >= 15 is 0 Å². The minimum atomic E-state index is 0. The van der Waals surface area contributed by atoms with Gasteiger partial charge < -0.3 is 15.4 Å². The molecule has 2 N–H and O–H groups in total. The first-order valence-electron chi connectivity index (χ1n) is 7.52. The Labute approximate surface area is 127 Å². The Bertz CT molecular complexity index is 430. The van der Waals surface area contributed by atoms with Gasteiger partial charge in [-0.2, -0.15) is 0 Å². The third-order valence-electron chi connectivity index (χ3n) is 4.51. The van der Waals surface area contributed by atoms with Crippen LogP contribution in [0.25, 0.3) is 0 Å². The van der Waals surface area contributed by atoms with Crippen LogP contribution in [0.5, 0.6) is 5.75 Å². The van der Waals surface area contributed by atoms with Crippen molar-refractivity contribution in [2.45, 2.75) is 25.7 Å². The van der Waals surface area contributed by atoms with Crippen molar-refractivity contribution >= 4 is 12.4 Å². The number of fused-ring (bicyclic) bond motifs is 1. The molecule has 0 spiro atoms. The molecule has 2 heterocycles. The van der Waals surface area contributed by atoms with Crippen LogP contribution in [-0.2, 0) is 12.8 Å². The van der Waals surface area contributed by atoms with Gasteiger partial charge in [-0.1, -0.05) is 12.1 Å². The second-order valence-electron chi connectivity index (χ2n) is 5.81. The summed E-state index contributed by atoms with van der Waals surface area (Å²) in [5.74, 6) is 1.85. The van der Waals surface area contributed by atoms with Crippen molar-refractivity contribution in [2.75, 3.05) is 32.8 Å². The molecule has 1 saturated heterocycles. The van der Waals surface area contributed by atoms with Crippen LogP contribution in [-0.4, -0.2) is 37.7 Å². The van der Waals surface area contributed by atoms with Crippen LogP contribution in [0.2, 0.25) is 0 Å². The Balaban J connectivity index is 0.00000147. The van der Waals surface area contributed by atoms with E-state index in [0.29, 0.717) is 0 Å². The van der Waals surface area contributed by atoms with Crippen LogP contribution in [0.15, 0.2) is 18.2 Å². The van der Waals surface area contributed by atoms with Gasteiger partial charge in [-0.15, -0.1) is 12.4 Å². The summed E-state index contributed by atoms with van der Waals surface area (Å²) >= 11 is 0. The van der Waals surface area contributed by atoms with Gasteiger partial charge >= 0.3 is 0 Å². The van der Waals surface area contributed by atoms with E-state index in [4.69, 9.17) is 10.5 Å². The molecular formula is C16H25ClN2O. The highest BCUT2D eigenvalue weighted by atomic mass is 35.5. The highest BCUT2D eigenvalue weighted by molar-refractivity contribution is 5.85. The van der Waals surface area contributed by atoms with Crippen molar-refractivity contribution in [3.05, 3.63) is 29.3 Å². The predicted octanol–water partition coefficient (Wildman–Crippen LogP) is 2.26. The van der Waals surface area contributed by atoms with E-state index in [1.54, 1.807) is 0 Å². The first kappa shape index (κ1) is 15.6. The molecule has 2 aliphatic heterocycles. The summed E-state index contributed by atoms with van der Waals surface area (Å²) in [6.07, 6.45) is 4.77. The summed E-state index contributed by atoms with van der Waals surface area (Å²) in [5, 5.41) is 0. The molecule has 0 amide bonds. The number of hydrogen-bond acceptors (Lipinski definition) is 3. The van der Waals surface area contributed by atoms with E-state index in [1.165, 1.54) is 43.6 Å². The summed E-state index contributed by atoms with van der Waals surface area (Å²) in [6, 6.07) is 6.68. The van der Waals surface area contributed by atoms with E-state index in [0.717, 1.165) is 37.7 Å². The number of piperidine rings is 1. The van der Waals surface area contributed by atoms with Crippen LogP contribution in [0.1, 0.15) is 24.0 Å². The van der Waals surface area contributed by atoms with Crippen LogP contribution >= 0.6 is 12.4 Å². The molecule has 3 nitrogen and oxygen atoms in total. The highest BCUT2D eigenvalue weighted by Crippen LogP contribution is 2.26. The first-order chi connectivity index (χ1) is 9.35. The standard InChI is InChI=1S/C16H24N2O.ClH/c17-12-14-4-8-18(9-5-14)7-3-13-1-2-16-15(11-13)6-10-19-16;/h1-2,11,14H,3-10,12,17H2;1H. The zero-order valence-electron chi connectivity index (χ0n) is 12.0. The van der Waals surface area contributed by atoms with Crippen LogP contribution < -0.4 is 10.5 Å². The Hall–Kier alpha value is -0.770. The number of benzene rings is 1. The Morgan fingerprint density at radius 2 is 2.05 bits per heavy atom. The molecular weight excluding hydrogens is 272 g/mol. The van der Waals surface area contributed by atoms with Gasteiger partial charge in [-0.3, -0.25) is 0 Å². The summed E-state index contributed by atoms with van der Waals surface area (Å²) in [4.78, 5) is 2.58. The minimum Gasteiger partial charge on any atom is -0.493 e. The van der Waals surface area contributed by atoms with Crippen molar-refractivity contribution in [1.82, 2.24) is 4.90 Å². The van der Waals surface area contributed by atoms with E-state index in [-0.39, 0.29) is 12.4 Å². The molecule has 1 aromatic rings. The molecule has 1 aromatic carbocycles. The van der Waals surface area contributed by atoms with E-state index in [9.17, 15) is 0 Å². The van der Waals surface area contributed by atoms with Gasteiger partial charge in [0.05, 0.1) is 6.61 Å². The van der Waals surface area contributed by atoms with Gasteiger partial charge in [-0.05, 0) is 62.0 Å². The zero-order valence-corrected chi connectivity index (χ0v) is 12.8. The molecule has 112 valence electrons. The number of halogens is 1. The largest absolute Gasteiger partial charge is 0.493 e. The normalized spacial score (nSPS) is 19.2. The monoisotopic (exact) mass is 296 g/mol. The SMILES string of the molecule is Cl.NCC1CCN(CCc2ccc3c(c2)CCO3)CC1. The fourth-order valence-electron chi connectivity index (χ4n) is 3.13. The molecule has 0 aromatic heterocycles. The Morgan fingerprint density at radius 3 is 2.80 bits per heavy atom. The lowest BCUT2D eigenvalue weighted by molar-refractivity contribution is 0.189.